The van der Waals surface area contributed by atoms with Gasteiger partial charge in [0.2, 0.25) is 0 Å². The highest BCUT2D eigenvalue weighted by Crippen LogP contribution is 2.19. The summed E-state index contributed by atoms with van der Waals surface area (Å²) in [6.45, 7) is 2.73. The van der Waals surface area contributed by atoms with Gasteiger partial charge in [0.05, 0.1) is 6.54 Å². The number of rotatable bonds is 3. The Hall–Kier alpha value is -1.86. The molecule has 0 bridgehead atoms. The van der Waals surface area contributed by atoms with E-state index in [4.69, 9.17) is 5.73 Å². The second kappa shape index (κ2) is 5.26. The highest BCUT2D eigenvalue weighted by atomic mass is 19.1. The van der Waals surface area contributed by atoms with Crippen molar-refractivity contribution in [3.05, 3.63) is 47.5 Å². The SMILES string of the molecule is NC(CN1CCn2cnnc2C1)c1ccc(F)cc1F. The summed E-state index contributed by atoms with van der Waals surface area (Å²) in [5.41, 5.74) is 6.36. The Balaban J connectivity index is 1.69. The van der Waals surface area contributed by atoms with E-state index in [0.29, 0.717) is 18.7 Å². The fourth-order valence-corrected chi connectivity index (χ4v) is 2.45. The van der Waals surface area contributed by atoms with E-state index in [2.05, 4.69) is 15.1 Å². The van der Waals surface area contributed by atoms with Crippen molar-refractivity contribution in [1.29, 1.82) is 0 Å². The average Bonchev–Trinajstić information content (AvgIpc) is 2.85. The minimum absolute atomic E-state index is 0.332. The van der Waals surface area contributed by atoms with Crippen molar-refractivity contribution < 1.29 is 8.78 Å². The Morgan fingerprint density at radius 3 is 2.95 bits per heavy atom. The van der Waals surface area contributed by atoms with Crippen molar-refractivity contribution in [3.8, 4) is 0 Å². The van der Waals surface area contributed by atoms with Crippen LogP contribution in [0.15, 0.2) is 24.5 Å². The Morgan fingerprint density at radius 2 is 2.15 bits per heavy atom. The third-order valence-electron chi connectivity index (χ3n) is 3.53. The third-order valence-corrected chi connectivity index (χ3v) is 3.53. The van der Waals surface area contributed by atoms with Gasteiger partial charge in [0.1, 0.15) is 23.8 Å². The maximum Gasteiger partial charge on any atom is 0.147 e. The number of hydrogen-bond donors (Lipinski definition) is 1. The molecule has 0 fully saturated rings. The van der Waals surface area contributed by atoms with Gasteiger partial charge in [-0.05, 0) is 6.07 Å². The number of fused-ring (bicyclic) bond motifs is 1. The van der Waals surface area contributed by atoms with Crippen LogP contribution in [0.1, 0.15) is 17.4 Å². The van der Waals surface area contributed by atoms with E-state index in [0.717, 1.165) is 25.0 Å². The zero-order valence-corrected chi connectivity index (χ0v) is 10.8. The molecule has 2 heterocycles. The summed E-state index contributed by atoms with van der Waals surface area (Å²) < 4.78 is 28.6. The van der Waals surface area contributed by atoms with Gasteiger partial charge in [-0.25, -0.2) is 8.78 Å². The first-order chi connectivity index (χ1) is 9.63. The lowest BCUT2D eigenvalue weighted by atomic mass is 10.1. The topological polar surface area (TPSA) is 60.0 Å². The summed E-state index contributed by atoms with van der Waals surface area (Å²) in [7, 11) is 0. The van der Waals surface area contributed by atoms with Gasteiger partial charge >= 0.3 is 0 Å². The van der Waals surface area contributed by atoms with E-state index in [1.807, 2.05) is 4.57 Å². The molecule has 2 N–H and O–H groups in total. The van der Waals surface area contributed by atoms with Crippen LogP contribution < -0.4 is 5.73 Å². The molecule has 1 atom stereocenters. The lowest BCUT2D eigenvalue weighted by Crippen LogP contribution is -2.38. The van der Waals surface area contributed by atoms with Gasteiger partial charge in [0.15, 0.2) is 0 Å². The first-order valence-corrected chi connectivity index (χ1v) is 6.43. The van der Waals surface area contributed by atoms with Crippen molar-refractivity contribution in [2.45, 2.75) is 19.1 Å². The minimum atomic E-state index is -0.599. The van der Waals surface area contributed by atoms with Crippen LogP contribution in [0.4, 0.5) is 8.78 Å². The zero-order chi connectivity index (χ0) is 14.1. The molecule has 1 aliphatic rings. The van der Waals surface area contributed by atoms with Gasteiger partial charge < -0.3 is 10.3 Å². The van der Waals surface area contributed by atoms with E-state index >= 15 is 0 Å². The fraction of sp³-hybridized carbons (Fsp3) is 0.385. The fourth-order valence-electron chi connectivity index (χ4n) is 2.45. The van der Waals surface area contributed by atoms with Gasteiger partial charge in [0, 0.05) is 37.3 Å². The quantitative estimate of drug-likeness (QED) is 0.913. The third kappa shape index (κ3) is 2.54. The first-order valence-electron chi connectivity index (χ1n) is 6.43. The van der Waals surface area contributed by atoms with Crippen LogP contribution in [-0.4, -0.2) is 32.8 Å². The van der Waals surface area contributed by atoms with Crippen LogP contribution >= 0.6 is 0 Å². The molecule has 0 amide bonds. The van der Waals surface area contributed by atoms with Crippen molar-refractivity contribution >= 4 is 0 Å². The standard InChI is InChI=1S/C13H15F2N5/c14-9-1-2-10(11(15)5-9)12(16)6-19-3-4-20-8-17-18-13(20)7-19/h1-2,5,8,12H,3-4,6-7,16H2. The molecule has 2 aromatic rings. The number of hydrogen-bond acceptors (Lipinski definition) is 4. The molecule has 5 nitrogen and oxygen atoms in total. The molecule has 1 aromatic heterocycles. The summed E-state index contributed by atoms with van der Waals surface area (Å²) in [6.07, 6.45) is 1.70. The number of aromatic nitrogens is 3. The van der Waals surface area contributed by atoms with Gasteiger partial charge in [-0.15, -0.1) is 10.2 Å². The molecule has 0 spiro atoms. The van der Waals surface area contributed by atoms with E-state index in [9.17, 15) is 8.78 Å². The monoisotopic (exact) mass is 279 g/mol. The molecule has 1 aliphatic heterocycles. The van der Waals surface area contributed by atoms with E-state index < -0.39 is 17.7 Å². The van der Waals surface area contributed by atoms with Crippen LogP contribution in [0, 0.1) is 11.6 Å². The summed E-state index contributed by atoms with van der Waals surface area (Å²) in [6, 6.07) is 3.00. The summed E-state index contributed by atoms with van der Waals surface area (Å²) in [4.78, 5) is 2.09. The maximum atomic E-state index is 13.7. The van der Waals surface area contributed by atoms with Crippen LogP contribution in [0.2, 0.25) is 0 Å². The highest BCUT2D eigenvalue weighted by molar-refractivity contribution is 5.22. The van der Waals surface area contributed by atoms with E-state index in [1.54, 1.807) is 6.33 Å². The van der Waals surface area contributed by atoms with Crippen molar-refractivity contribution in [2.24, 2.45) is 5.73 Å². The Bertz CT molecular complexity index is 613. The van der Waals surface area contributed by atoms with Crippen LogP contribution in [0.3, 0.4) is 0 Å². The molecular weight excluding hydrogens is 264 g/mol. The number of halogens is 2. The summed E-state index contributed by atoms with van der Waals surface area (Å²) in [5.74, 6) is -0.315. The van der Waals surface area contributed by atoms with Gasteiger partial charge in [-0.2, -0.15) is 0 Å². The molecule has 0 saturated heterocycles. The number of nitrogens with zero attached hydrogens (tertiary/aromatic N) is 4. The lowest BCUT2D eigenvalue weighted by molar-refractivity contribution is 0.204. The molecule has 7 heteroatoms. The predicted molar refractivity (Wildman–Crippen MR) is 68.6 cm³/mol. The summed E-state index contributed by atoms with van der Waals surface area (Å²) in [5, 5.41) is 7.88. The normalized spacial score (nSPS) is 16.9. The number of benzene rings is 1. The Kier molecular flexibility index (Phi) is 3.45. The molecule has 0 saturated carbocycles. The maximum absolute atomic E-state index is 13.7. The molecule has 0 aliphatic carbocycles. The van der Waals surface area contributed by atoms with Gasteiger partial charge in [-0.1, -0.05) is 6.07 Å². The molecule has 1 unspecified atom stereocenters. The van der Waals surface area contributed by atoms with Crippen LogP contribution in [0.25, 0.3) is 0 Å². The molecule has 20 heavy (non-hydrogen) atoms. The van der Waals surface area contributed by atoms with Crippen LogP contribution in [-0.2, 0) is 13.1 Å². The second-order valence-corrected chi connectivity index (χ2v) is 4.95. The molecule has 3 rings (SSSR count). The summed E-state index contributed by atoms with van der Waals surface area (Å²) >= 11 is 0. The molecule has 0 radical (unpaired) electrons. The highest BCUT2D eigenvalue weighted by Gasteiger charge is 2.21. The predicted octanol–water partition coefficient (Wildman–Crippen LogP) is 1.07. The van der Waals surface area contributed by atoms with E-state index in [1.165, 1.54) is 12.1 Å². The van der Waals surface area contributed by atoms with Gasteiger partial charge in [0.25, 0.3) is 0 Å². The molecule has 1 aromatic carbocycles. The second-order valence-electron chi connectivity index (χ2n) is 4.95. The van der Waals surface area contributed by atoms with Crippen LogP contribution in [0.5, 0.6) is 0 Å². The zero-order valence-electron chi connectivity index (χ0n) is 10.8. The Morgan fingerprint density at radius 1 is 1.30 bits per heavy atom. The van der Waals surface area contributed by atoms with Crippen molar-refractivity contribution in [2.75, 3.05) is 13.1 Å². The Labute approximate surface area is 115 Å². The minimum Gasteiger partial charge on any atom is -0.323 e. The smallest absolute Gasteiger partial charge is 0.147 e. The number of nitrogens with two attached hydrogens (primary N) is 1. The largest absolute Gasteiger partial charge is 0.323 e. The van der Waals surface area contributed by atoms with Crippen molar-refractivity contribution in [3.63, 3.8) is 0 Å². The average molecular weight is 279 g/mol. The van der Waals surface area contributed by atoms with Gasteiger partial charge in [-0.3, -0.25) is 4.90 Å². The first kappa shape index (κ1) is 13.1. The van der Waals surface area contributed by atoms with Crippen molar-refractivity contribution in [1.82, 2.24) is 19.7 Å². The van der Waals surface area contributed by atoms with E-state index in [-0.39, 0.29) is 0 Å². The molecular formula is C13H15F2N5. The molecule has 106 valence electrons. The lowest BCUT2D eigenvalue weighted by Gasteiger charge is -2.29.